The fourth-order valence-electron chi connectivity index (χ4n) is 0. The lowest BCUT2D eigenvalue weighted by atomic mass is 11.8. The smallest absolute Gasteiger partial charge is 0.274 e. The largest absolute Gasteiger partial charge is 0.692 e. The Morgan fingerprint density at radius 3 is 1.50 bits per heavy atom. The maximum absolute atomic E-state index is 9.78. The second-order valence-corrected chi connectivity index (χ2v) is 3.37. The van der Waals surface area contributed by atoms with Gasteiger partial charge in [0.25, 0.3) is 10.1 Å². The van der Waals surface area contributed by atoms with E-state index in [0.29, 0.717) is 0 Å². The van der Waals surface area contributed by atoms with E-state index in [1.165, 1.54) is 0 Å². The minimum absolute atomic E-state index is 0.993. The molecule has 0 rings (SSSR count). The monoisotopic (exact) mass is 191 g/mol. The topological polar surface area (TPSA) is 101 Å². The first kappa shape index (κ1) is 12.6. The summed E-state index contributed by atoms with van der Waals surface area (Å²) in [7, 11) is -4.91. The highest BCUT2D eigenvalue weighted by Gasteiger charge is 1.93. The predicted molar refractivity (Wildman–Crippen MR) is 33.9 cm³/mol. The Morgan fingerprint density at radius 2 is 1.50 bits per heavy atom. The van der Waals surface area contributed by atoms with E-state index in [1.54, 1.807) is 0 Å². The van der Waals surface area contributed by atoms with Crippen LogP contribution in [-0.2, 0) is 18.9 Å². The van der Waals surface area contributed by atoms with Crippen molar-refractivity contribution in [1.82, 2.24) is 0 Å². The van der Waals surface area contributed by atoms with Crippen LogP contribution < -0.4 is 0 Å². The van der Waals surface area contributed by atoms with Crippen LogP contribution in [0, 0.1) is 0 Å². The van der Waals surface area contributed by atoms with Gasteiger partial charge in [0.1, 0.15) is 0 Å². The van der Waals surface area contributed by atoms with Crippen molar-refractivity contribution in [2.75, 3.05) is 13.4 Å². The number of rotatable bonds is 1. The Morgan fingerprint density at radius 1 is 1.40 bits per heavy atom. The maximum atomic E-state index is 9.78. The van der Waals surface area contributed by atoms with Gasteiger partial charge in [0.2, 0.25) is 0 Å². The average Bonchev–Trinajstić information content (AvgIpc) is 1.63. The van der Waals surface area contributed by atoms with Gasteiger partial charge in [-0.05, 0) is 0 Å². The summed E-state index contributed by atoms with van der Waals surface area (Å²) in [6, 6.07) is 0. The highest BCUT2D eigenvalue weighted by atomic mass is 32.2. The van der Waals surface area contributed by atoms with Crippen molar-refractivity contribution < 1.29 is 27.0 Å². The Kier molecular flexibility index (Phi) is 7.17. The molecule has 0 aliphatic carbocycles. The van der Waals surface area contributed by atoms with Crippen LogP contribution in [0.2, 0.25) is 0 Å². The van der Waals surface area contributed by atoms with Crippen molar-refractivity contribution in [3.8, 4) is 0 Å². The quantitative estimate of drug-likeness (QED) is 0.416. The Balaban J connectivity index is 0. The molecule has 0 saturated carbocycles. The molecule has 0 saturated heterocycles. The van der Waals surface area contributed by atoms with Crippen LogP contribution in [0.4, 0.5) is 0 Å². The molecule has 0 aliphatic heterocycles. The first-order chi connectivity index (χ1) is 4.29. The minimum Gasteiger partial charge on any atom is -0.274 e. The summed E-state index contributed by atoms with van der Waals surface area (Å²) in [6.45, 7) is 0. The molecule has 6 nitrogen and oxygen atoms in total. The van der Waals surface area contributed by atoms with Crippen molar-refractivity contribution in [3.63, 3.8) is 0 Å². The van der Waals surface area contributed by atoms with Crippen molar-refractivity contribution in [2.45, 2.75) is 0 Å². The van der Waals surface area contributed by atoms with E-state index >= 15 is 0 Å². The van der Waals surface area contributed by atoms with E-state index in [2.05, 4.69) is 4.18 Å². The van der Waals surface area contributed by atoms with Gasteiger partial charge < -0.3 is 0 Å². The molecule has 10 heavy (non-hydrogen) atoms. The number of hydrogen-bond donors (Lipinski definition) is 2. The summed E-state index contributed by atoms with van der Waals surface area (Å²) < 4.78 is 32.2. The van der Waals surface area contributed by atoms with E-state index in [0.717, 1.165) is 13.4 Å². The first-order valence-corrected chi connectivity index (χ1v) is 4.88. The second-order valence-electron chi connectivity index (χ2n) is 1.12. The van der Waals surface area contributed by atoms with Gasteiger partial charge in [0.15, 0.2) is 0 Å². The lowest BCUT2D eigenvalue weighted by Crippen LogP contribution is -1.95. The van der Waals surface area contributed by atoms with Gasteiger partial charge in [-0.2, -0.15) is 8.42 Å². The zero-order valence-electron chi connectivity index (χ0n) is 5.38. The van der Waals surface area contributed by atoms with Crippen molar-refractivity contribution in [3.05, 3.63) is 0 Å². The summed E-state index contributed by atoms with van der Waals surface area (Å²) in [4.78, 5) is 14.2. The highest BCUT2D eigenvalue weighted by Crippen LogP contribution is 1.98. The molecular formula is C2H8O6PS+. The third-order valence-corrected chi connectivity index (χ3v) is 0.908. The van der Waals surface area contributed by atoms with Gasteiger partial charge in [-0.1, -0.05) is 0 Å². The molecule has 2 N–H and O–H groups in total. The molecule has 0 fully saturated rings. The molecule has 0 heterocycles. The average molecular weight is 191 g/mol. The summed E-state index contributed by atoms with van der Waals surface area (Å²) in [6.07, 6.45) is 0.993. The normalized spacial score (nSPS) is 9.60. The van der Waals surface area contributed by atoms with Gasteiger partial charge in [-0.3, -0.25) is 4.18 Å². The van der Waals surface area contributed by atoms with Gasteiger partial charge in [0, 0.05) is 4.57 Å². The van der Waals surface area contributed by atoms with Gasteiger partial charge in [-0.25, -0.2) is 0 Å². The van der Waals surface area contributed by atoms with Gasteiger partial charge in [-0.15, -0.1) is 9.79 Å². The third-order valence-electron chi connectivity index (χ3n) is 0.303. The maximum Gasteiger partial charge on any atom is 0.692 e. The SMILES string of the molecule is COS(C)(=O)=O.O=[P+](O)O. The summed E-state index contributed by atoms with van der Waals surface area (Å²) in [5, 5.41) is 0. The van der Waals surface area contributed by atoms with E-state index in [1.807, 2.05) is 0 Å². The van der Waals surface area contributed by atoms with Crippen molar-refractivity contribution in [1.29, 1.82) is 0 Å². The molecule has 0 unspecified atom stereocenters. The van der Waals surface area contributed by atoms with Crippen molar-refractivity contribution >= 4 is 18.4 Å². The van der Waals surface area contributed by atoms with Crippen LogP contribution in [-0.4, -0.2) is 31.6 Å². The molecule has 0 aromatic heterocycles. The lowest BCUT2D eigenvalue weighted by Gasteiger charge is -1.84. The molecule has 0 aromatic rings. The molecule has 62 valence electrons. The van der Waals surface area contributed by atoms with E-state index in [4.69, 9.17) is 14.4 Å². The molecule has 0 aromatic carbocycles. The van der Waals surface area contributed by atoms with Crippen LogP contribution >= 0.6 is 8.25 Å². The second kappa shape index (κ2) is 5.70. The standard InChI is InChI=1S/C2H6O3S.HO3P/c1-5-6(2,3)4;1-4(2)3/h1-2H3;(H-,1,2,3)/p+1. The highest BCUT2D eigenvalue weighted by molar-refractivity contribution is 7.85. The van der Waals surface area contributed by atoms with E-state index in [9.17, 15) is 8.42 Å². The summed E-state index contributed by atoms with van der Waals surface area (Å²) in [5.41, 5.74) is 0. The van der Waals surface area contributed by atoms with E-state index < -0.39 is 18.4 Å². The third kappa shape index (κ3) is 44.4. The molecular weight excluding hydrogens is 183 g/mol. The Labute approximate surface area is 59.5 Å². The van der Waals surface area contributed by atoms with E-state index in [-0.39, 0.29) is 0 Å². The van der Waals surface area contributed by atoms with Crippen molar-refractivity contribution in [2.24, 2.45) is 0 Å². The van der Waals surface area contributed by atoms with Gasteiger partial charge in [0.05, 0.1) is 13.4 Å². The molecule has 0 atom stereocenters. The van der Waals surface area contributed by atoms with Crippen LogP contribution in [0.5, 0.6) is 0 Å². The summed E-state index contributed by atoms with van der Waals surface area (Å²) >= 11 is 0. The fourth-order valence-corrected chi connectivity index (χ4v) is 0. The fraction of sp³-hybridized carbons (Fsp3) is 1.00. The molecule has 0 aliphatic rings. The van der Waals surface area contributed by atoms with Crippen LogP contribution in [0.3, 0.4) is 0 Å². The molecule has 0 bridgehead atoms. The Hall–Kier alpha value is -0.0700. The molecule has 0 radical (unpaired) electrons. The first-order valence-electron chi connectivity index (χ1n) is 1.90. The zero-order valence-corrected chi connectivity index (χ0v) is 7.09. The molecule has 0 spiro atoms. The zero-order chi connectivity index (χ0) is 8.78. The predicted octanol–water partition coefficient (Wildman–Crippen LogP) is -0.779. The molecule has 8 heteroatoms. The Bertz CT molecular complexity index is 178. The molecule has 0 amide bonds. The number of hydrogen-bond acceptors (Lipinski definition) is 4. The minimum atomic E-state index is -3.16. The van der Waals surface area contributed by atoms with Crippen LogP contribution in [0.15, 0.2) is 0 Å². The lowest BCUT2D eigenvalue weighted by molar-refractivity contribution is 0.402. The van der Waals surface area contributed by atoms with Crippen LogP contribution in [0.1, 0.15) is 0 Å². The van der Waals surface area contributed by atoms with Crippen LogP contribution in [0.25, 0.3) is 0 Å². The summed E-state index contributed by atoms with van der Waals surface area (Å²) in [5.74, 6) is 0. The van der Waals surface area contributed by atoms with Gasteiger partial charge >= 0.3 is 8.25 Å².